The summed E-state index contributed by atoms with van der Waals surface area (Å²) in [5.41, 5.74) is 3.17. The third-order valence-electron chi connectivity index (χ3n) is 4.19. The number of carboxylic acids is 1. The summed E-state index contributed by atoms with van der Waals surface area (Å²) in [6, 6.07) is 11.4. The number of carboxylic acid groups (broad SMARTS) is 1. The SMILES string of the molecule is COc1cc(-c2cc3cc(/C=C/C(=O)O)cc(OC)c3o2)ccc1N(C)C. The zero-order valence-corrected chi connectivity index (χ0v) is 15.6. The molecule has 0 saturated carbocycles. The van der Waals surface area contributed by atoms with Crippen molar-refractivity contribution < 1.29 is 23.8 Å². The van der Waals surface area contributed by atoms with Gasteiger partial charge in [-0.05, 0) is 48.0 Å². The van der Waals surface area contributed by atoms with Crippen molar-refractivity contribution in [3.63, 3.8) is 0 Å². The van der Waals surface area contributed by atoms with Crippen LogP contribution in [-0.2, 0) is 4.79 Å². The van der Waals surface area contributed by atoms with Crippen LogP contribution < -0.4 is 14.4 Å². The maximum Gasteiger partial charge on any atom is 0.328 e. The van der Waals surface area contributed by atoms with Gasteiger partial charge >= 0.3 is 5.97 Å². The van der Waals surface area contributed by atoms with Crippen molar-refractivity contribution >= 4 is 28.7 Å². The molecule has 0 atom stereocenters. The Morgan fingerprint density at radius 2 is 1.81 bits per heavy atom. The Kier molecular flexibility index (Phi) is 5.07. The fourth-order valence-corrected chi connectivity index (χ4v) is 2.90. The molecule has 3 aromatic rings. The van der Waals surface area contributed by atoms with Crippen LogP contribution in [0.2, 0.25) is 0 Å². The summed E-state index contributed by atoms with van der Waals surface area (Å²) in [6.07, 6.45) is 2.61. The number of aliphatic carboxylic acids is 1. The lowest BCUT2D eigenvalue weighted by molar-refractivity contribution is -0.131. The third-order valence-corrected chi connectivity index (χ3v) is 4.19. The van der Waals surface area contributed by atoms with Gasteiger partial charge in [0.05, 0.1) is 19.9 Å². The molecule has 1 heterocycles. The molecule has 27 heavy (non-hydrogen) atoms. The van der Waals surface area contributed by atoms with E-state index in [2.05, 4.69) is 0 Å². The van der Waals surface area contributed by atoms with Crippen LogP contribution in [0.1, 0.15) is 5.56 Å². The molecule has 0 aliphatic carbocycles. The Morgan fingerprint density at radius 1 is 1.07 bits per heavy atom. The van der Waals surface area contributed by atoms with E-state index in [4.69, 9.17) is 19.0 Å². The largest absolute Gasteiger partial charge is 0.495 e. The maximum atomic E-state index is 10.8. The minimum absolute atomic E-state index is 0.542. The zero-order chi connectivity index (χ0) is 19.6. The summed E-state index contributed by atoms with van der Waals surface area (Å²) in [5, 5.41) is 9.65. The van der Waals surface area contributed by atoms with E-state index in [0.717, 1.165) is 34.0 Å². The number of carbonyl (C=O) groups is 1. The zero-order valence-electron chi connectivity index (χ0n) is 15.6. The summed E-state index contributed by atoms with van der Waals surface area (Å²) in [7, 11) is 7.09. The van der Waals surface area contributed by atoms with E-state index < -0.39 is 5.97 Å². The van der Waals surface area contributed by atoms with Gasteiger partial charge in [-0.25, -0.2) is 4.79 Å². The summed E-state index contributed by atoms with van der Waals surface area (Å²) in [4.78, 5) is 12.7. The third kappa shape index (κ3) is 3.74. The number of hydrogen-bond donors (Lipinski definition) is 1. The molecule has 0 aliphatic heterocycles. The first-order valence-corrected chi connectivity index (χ1v) is 8.31. The van der Waals surface area contributed by atoms with Crippen molar-refractivity contribution in [2.45, 2.75) is 0 Å². The quantitative estimate of drug-likeness (QED) is 0.656. The number of nitrogens with zero attached hydrogens (tertiary/aromatic N) is 1. The number of methoxy groups -OCH3 is 2. The number of fused-ring (bicyclic) bond motifs is 1. The van der Waals surface area contributed by atoms with Gasteiger partial charge in [-0.2, -0.15) is 0 Å². The molecule has 0 saturated heterocycles. The molecule has 1 N–H and O–H groups in total. The topological polar surface area (TPSA) is 72.1 Å². The summed E-state index contributed by atoms with van der Waals surface area (Å²) in [6.45, 7) is 0. The van der Waals surface area contributed by atoms with Gasteiger partial charge in [0.25, 0.3) is 0 Å². The Labute approximate surface area is 157 Å². The second kappa shape index (κ2) is 7.45. The van der Waals surface area contributed by atoms with E-state index in [1.165, 1.54) is 6.08 Å². The average molecular weight is 367 g/mol. The normalized spacial score (nSPS) is 11.1. The van der Waals surface area contributed by atoms with E-state index in [9.17, 15) is 4.79 Å². The maximum absolute atomic E-state index is 10.8. The van der Waals surface area contributed by atoms with E-state index in [1.807, 2.05) is 49.3 Å². The van der Waals surface area contributed by atoms with Gasteiger partial charge < -0.3 is 23.9 Å². The lowest BCUT2D eigenvalue weighted by Gasteiger charge is -2.16. The minimum Gasteiger partial charge on any atom is -0.495 e. The molecule has 0 spiro atoms. The second-order valence-electron chi connectivity index (χ2n) is 6.20. The Bertz CT molecular complexity index is 1020. The highest BCUT2D eigenvalue weighted by molar-refractivity contribution is 5.92. The molecule has 0 bridgehead atoms. The van der Waals surface area contributed by atoms with Gasteiger partial charge in [-0.3, -0.25) is 0 Å². The highest BCUT2D eigenvalue weighted by Crippen LogP contribution is 2.37. The molecule has 2 aromatic carbocycles. The molecule has 0 amide bonds. The first-order valence-electron chi connectivity index (χ1n) is 8.31. The van der Waals surface area contributed by atoms with Crippen molar-refractivity contribution in [2.24, 2.45) is 0 Å². The molecular formula is C21H21NO5. The van der Waals surface area contributed by atoms with Gasteiger partial charge in [0.1, 0.15) is 11.5 Å². The van der Waals surface area contributed by atoms with Gasteiger partial charge in [-0.1, -0.05) is 0 Å². The highest BCUT2D eigenvalue weighted by Gasteiger charge is 2.14. The van der Waals surface area contributed by atoms with Crippen LogP contribution in [0.5, 0.6) is 11.5 Å². The molecule has 3 rings (SSSR count). The van der Waals surface area contributed by atoms with Crippen LogP contribution >= 0.6 is 0 Å². The van der Waals surface area contributed by atoms with Crippen molar-refractivity contribution in [2.75, 3.05) is 33.2 Å². The molecule has 6 nitrogen and oxygen atoms in total. The molecule has 0 radical (unpaired) electrons. The first kappa shape index (κ1) is 18.4. The molecule has 140 valence electrons. The summed E-state index contributed by atoms with van der Waals surface area (Å²) < 4.78 is 16.9. The molecule has 1 aromatic heterocycles. The van der Waals surface area contributed by atoms with Gasteiger partial charge in [0, 0.05) is 31.1 Å². The number of rotatable bonds is 6. The van der Waals surface area contributed by atoms with Crippen molar-refractivity contribution in [3.8, 4) is 22.8 Å². The van der Waals surface area contributed by atoms with E-state index >= 15 is 0 Å². The number of hydrogen-bond acceptors (Lipinski definition) is 5. The second-order valence-corrected chi connectivity index (χ2v) is 6.20. The van der Waals surface area contributed by atoms with Crippen molar-refractivity contribution in [1.82, 2.24) is 0 Å². The van der Waals surface area contributed by atoms with Crippen molar-refractivity contribution in [3.05, 3.63) is 48.0 Å². The van der Waals surface area contributed by atoms with Gasteiger partial charge in [0.15, 0.2) is 11.3 Å². The van der Waals surface area contributed by atoms with E-state index in [-0.39, 0.29) is 0 Å². The molecule has 6 heteroatoms. The first-order chi connectivity index (χ1) is 12.9. The fourth-order valence-electron chi connectivity index (χ4n) is 2.90. The average Bonchev–Trinajstić information content (AvgIpc) is 3.09. The minimum atomic E-state index is -1.00. The highest BCUT2D eigenvalue weighted by atomic mass is 16.5. The van der Waals surface area contributed by atoms with Gasteiger partial charge in [-0.15, -0.1) is 0 Å². The van der Waals surface area contributed by atoms with Crippen LogP contribution in [0, 0.1) is 0 Å². The van der Waals surface area contributed by atoms with Crippen molar-refractivity contribution in [1.29, 1.82) is 0 Å². The molecular weight excluding hydrogens is 346 g/mol. The number of furan rings is 1. The lowest BCUT2D eigenvalue weighted by Crippen LogP contribution is -2.09. The van der Waals surface area contributed by atoms with E-state index in [0.29, 0.717) is 17.1 Å². The fraction of sp³-hybridized carbons (Fsp3) is 0.190. The predicted octanol–water partition coefficient (Wildman–Crippen LogP) is 4.28. The number of ether oxygens (including phenoxy) is 2. The lowest BCUT2D eigenvalue weighted by atomic mass is 10.1. The smallest absolute Gasteiger partial charge is 0.328 e. The Balaban J connectivity index is 2.10. The Morgan fingerprint density at radius 3 is 2.44 bits per heavy atom. The molecule has 0 aliphatic rings. The number of anilines is 1. The molecule has 0 fully saturated rings. The standard InChI is InChI=1S/C21H21NO5/c1-22(2)16-7-6-14(11-18(16)25-3)17-12-15-9-13(5-8-20(23)24)10-19(26-4)21(15)27-17/h5-12H,1-4H3,(H,23,24)/b8-5+. The summed E-state index contributed by atoms with van der Waals surface area (Å²) in [5.74, 6) is 0.956. The van der Waals surface area contributed by atoms with Gasteiger partial charge in [0.2, 0.25) is 0 Å². The van der Waals surface area contributed by atoms with E-state index in [1.54, 1.807) is 20.3 Å². The Hall–Kier alpha value is -3.41. The summed E-state index contributed by atoms with van der Waals surface area (Å²) >= 11 is 0. The van der Waals surface area contributed by atoms with Crippen LogP contribution in [0.15, 0.2) is 46.9 Å². The van der Waals surface area contributed by atoms with Crippen LogP contribution in [-0.4, -0.2) is 39.4 Å². The van der Waals surface area contributed by atoms with Crippen LogP contribution in [0.3, 0.4) is 0 Å². The monoisotopic (exact) mass is 367 g/mol. The predicted molar refractivity (Wildman–Crippen MR) is 106 cm³/mol. The molecule has 0 unspecified atom stereocenters. The van der Waals surface area contributed by atoms with Crippen LogP contribution in [0.4, 0.5) is 5.69 Å². The van der Waals surface area contributed by atoms with Crippen LogP contribution in [0.25, 0.3) is 28.4 Å². The number of benzene rings is 2.